The zero-order chi connectivity index (χ0) is 21.8. The predicted molar refractivity (Wildman–Crippen MR) is 122 cm³/mol. The van der Waals surface area contributed by atoms with E-state index in [0.717, 1.165) is 12.0 Å². The zero-order valence-electron chi connectivity index (χ0n) is 17.8. The van der Waals surface area contributed by atoms with Gasteiger partial charge in [0.1, 0.15) is 11.9 Å². The monoisotopic (exact) mass is 430 g/mol. The Kier molecular flexibility index (Phi) is 10.4. The van der Waals surface area contributed by atoms with Crippen molar-refractivity contribution in [2.24, 2.45) is 0 Å². The number of carbonyl (C=O) groups excluding carboxylic acids is 2. The summed E-state index contributed by atoms with van der Waals surface area (Å²) in [5, 5.41) is 2.92. The van der Waals surface area contributed by atoms with Gasteiger partial charge in [0.15, 0.2) is 0 Å². The third kappa shape index (κ3) is 7.48. The molecule has 0 fully saturated rings. The van der Waals surface area contributed by atoms with Crippen molar-refractivity contribution in [1.29, 1.82) is 0 Å². The van der Waals surface area contributed by atoms with Crippen LogP contribution in [0.15, 0.2) is 54.6 Å². The molecule has 0 saturated carbocycles. The summed E-state index contributed by atoms with van der Waals surface area (Å²) in [7, 11) is 0. The number of amides is 2. The Bertz CT molecular complexity index is 801. The maximum atomic E-state index is 13.8. The second-order valence-corrected chi connectivity index (χ2v) is 8.11. The summed E-state index contributed by atoms with van der Waals surface area (Å²) in [6.45, 7) is 4.99. The molecule has 0 aliphatic rings. The maximum absolute atomic E-state index is 13.8. The van der Waals surface area contributed by atoms with Crippen LogP contribution in [0.25, 0.3) is 0 Å². The number of nitrogens with zero attached hydrogens (tertiary/aromatic N) is 1. The van der Waals surface area contributed by atoms with Gasteiger partial charge in [-0.1, -0.05) is 62.4 Å². The van der Waals surface area contributed by atoms with Crippen LogP contribution in [0.5, 0.6) is 0 Å². The molecule has 0 aliphatic carbocycles. The van der Waals surface area contributed by atoms with Crippen LogP contribution in [-0.2, 0) is 21.8 Å². The van der Waals surface area contributed by atoms with Gasteiger partial charge in [-0.15, -0.1) is 11.8 Å². The summed E-state index contributed by atoms with van der Waals surface area (Å²) >= 11 is 1.37. The molecule has 0 saturated heterocycles. The highest BCUT2D eigenvalue weighted by Crippen LogP contribution is 2.17. The molecular formula is C24H31FN2O2S. The fourth-order valence-electron chi connectivity index (χ4n) is 3.21. The molecule has 4 nitrogen and oxygen atoms in total. The van der Waals surface area contributed by atoms with Gasteiger partial charge in [0.25, 0.3) is 0 Å². The van der Waals surface area contributed by atoms with E-state index >= 15 is 0 Å². The van der Waals surface area contributed by atoms with E-state index in [1.165, 1.54) is 17.8 Å². The first-order valence-corrected chi connectivity index (χ1v) is 11.6. The SMILES string of the molecule is CCCNC(=O)[C@@H](CC)N(CCc1ccccc1)C(=O)CSCc1ccccc1F. The molecule has 1 N–H and O–H groups in total. The largest absolute Gasteiger partial charge is 0.354 e. The Balaban J connectivity index is 2.04. The number of carbonyl (C=O) groups is 2. The van der Waals surface area contributed by atoms with Crippen molar-refractivity contribution in [3.8, 4) is 0 Å². The minimum Gasteiger partial charge on any atom is -0.354 e. The molecule has 1 atom stereocenters. The van der Waals surface area contributed by atoms with Gasteiger partial charge in [-0.3, -0.25) is 9.59 Å². The number of halogens is 1. The highest BCUT2D eigenvalue weighted by Gasteiger charge is 2.27. The lowest BCUT2D eigenvalue weighted by molar-refractivity contribution is -0.138. The van der Waals surface area contributed by atoms with Gasteiger partial charge in [-0.25, -0.2) is 4.39 Å². The topological polar surface area (TPSA) is 49.4 Å². The number of nitrogens with one attached hydrogen (secondary N) is 1. The van der Waals surface area contributed by atoms with Crippen molar-refractivity contribution >= 4 is 23.6 Å². The second kappa shape index (κ2) is 13.1. The van der Waals surface area contributed by atoms with Crippen LogP contribution in [0.1, 0.15) is 37.8 Å². The molecule has 0 heterocycles. The Labute approximate surface area is 183 Å². The van der Waals surface area contributed by atoms with Crippen LogP contribution < -0.4 is 5.32 Å². The van der Waals surface area contributed by atoms with E-state index in [4.69, 9.17) is 0 Å². The van der Waals surface area contributed by atoms with Gasteiger partial charge < -0.3 is 10.2 Å². The van der Waals surface area contributed by atoms with Crippen molar-refractivity contribution in [1.82, 2.24) is 10.2 Å². The van der Waals surface area contributed by atoms with Crippen molar-refractivity contribution < 1.29 is 14.0 Å². The van der Waals surface area contributed by atoms with Crippen molar-refractivity contribution in [3.63, 3.8) is 0 Å². The molecule has 0 aliphatic heterocycles. The standard InChI is InChI=1S/C24H31FN2O2S/c1-3-15-26-24(29)22(4-2)27(16-14-19-10-6-5-7-11-19)23(28)18-30-17-20-12-8-9-13-21(20)25/h5-13,22H,3-4,14-18H2,1-2H3,(H,26,29)/t22-/m1/s1. The van der Waals surface area contributed by atoms with Gasteiger partial charge in [0, 0.05) is 18.8 Å². The van der Waals surface area contributed by atoms with Gasteiger partial charge in [0.05, 0.1) is 5.75 Å². The van der Waals surface area contributed by atoms with Gasteiger partial charge in [0.2, 0.25) is 11.8 Å². The summed E-state index contributed by atoms with van der Waals surface area (Å²) in [6.07, 6.45) is 2.08. The average molecular weight is 431 g/mol. The summed E-state index contributed by atoms with van der Waals surface area (Å²) in [5.41, 5.74) is 1.71. The molecular weight excluding hydrogens is 399 g/mol. The molecule has 0 aromatic heterocycles. The molecule has 30 heavy (non-hydrogen) atoms. The number of hydrogen-bond donors (Lipinski definition) is 1. The van der Waals surface area contributed by atoms with E-state index in [2.05, 4.69) is 5.32 Å². The smallest absolute Gasteiger partial charge is 0.242 e. The molecule has 0 radical (unpaired) electrons. The minimum absolute atomic E-state index is 0.0919. The zero-order valence-corrected chi connectivity index (χ0v) is 18.6. The molecule has 2 aromatic carbocycles. The first-order chi connectivity index (χ1) is 14.6. The van der Waals surface area contributed by atoms with Crippen molar-refractivity contribution in [2.45, 2.75) is 44.9 Å². The van der Waals surface area contributed by atoms with E-state index in [1.54, 1.807) is 23.1 Å². The van der Waals surface area contributed by atoms with Crippen LogP contribution in [0.3, 0.4) is 0 Å². The normalized spacial score (nSPS) is 11.7. The first-order valence-electron chi connectivity index (χ1n) is 10.5. The van der Waals surface area contributed by atoms with Crippen molar-refractivity contribution in [2.75, 3.05) is 18.8 Å². The predicted octanol–water partition coefficient (Wildman–Crippen LogP) is 4.44. The Hall–Kier alpha value is -2.34. The van der Waals surface area contributed by atoms with Gasteiger partial charge in [-0.05, 0) is 36.5 Å². The van der Waals surface area contributed by atoms with Crippen LogP contribution in [0.4, 0.5) is 4.39 Å². The first kappa shape index (κ1) is 23.9. The molecule has 2 amide bonds. The highest BCUT2D eigenvalue weighted by molar-refractivity contribution is 7.99. The lowest BCUT2D eigenvalue weighted by atomic mass is 10.1. The molecule has 2 aromatic rings. The van der Waals surface area contributed by atoms with Crippen LogP contribution in [-0.4, -0.2) is 41.6 Å². The summed E-state index contributed by atoms with van der Waals surface area (Å²) in [4.78, 5) is 27.4. The van der Waals surface area contributed by atoms with E-state index in [-0.39, 0.29) is 23.4 Å². The highest BCUT2D eigenvalue weighted by atomic mass is 32.2. The molecule has 0 unspecified atom stereocenters. The van der Waals surface area contributed by atoms with Crippen molar-refractivity contribution in [3.05, 3.63) is 71.5 Å². The van der Waals surface area contributed by atoms with E-state index in [0.29, 0.717) is 37.2 Å². The number of benzene rings is 2. The van der Waals surface area contributed by atoms with E-state index < -0.39 is 6.04 Å². The van der Waals surface area contributed by atoms with Gasteiger partial charge in [-0.2, -0.15) is 0 Å². The summed E-state index contributed by atoms with van der Waals surface area (Å²) < 4.78 is 13.8. The lowest BCUT2D eigenvalue weighted by Gasteiger charge is -2.30. The molecule has 0 bridgehead atoms. The third-order valence-corrected chi connectivity index (χ3v) is 5.83. The fraction of sp³-hybridized carbons (Fsp3) is 0.417. The lowest BCUT2D eigenvalue weighted by Crippen LogP contribution is -2.50. The average Bonchev–Trinajstić information content (AvgIpc) is 2.76. The summed E-state index contributed by atoms with van der Waals surface area (Å²) in [6, 6.07) is 16.0. The Morgan fingerprint density at radius 1 is 1.07 bits per heavy atom. The number of thioether (sulfide) groups is 1. The van der Waals surface area contributed by atoms with Crippen LogP contribution in [0, 0.1) is 5.82 Å². The van der Waals surface area contributed by atoms with E-state index in [1.807, 2.05) is 44.2 Å². The van der Waals surface area contributed by atoms with E-state index in [9.17, 15) is 14.0 Å². The van der Waals surface area contributed by atoms with Gasteiger partial charge >= 0.3 is 0 Å². The third-order valence-electron chi connectivity index (χ3n) is 4.86. The number of hydrogen-bond acceptors (Lipinski definition) is 3. The maximum Gasteiger partial charge on any atom is 0.242 e. The summed E-state index contributed by atoms with van der Waals surface area (Å²) in [5.74, 6) is 0.166. The quantitative estimate of drug-likeness (QED) is 0.542. The molecule has 6 heteroatoms. The second-order valence-electron chi connectivity index (χ2n) is 7.12. The number of rotatable bonds is 12. The fourth-order valence-corrected chi connectivity index (χ4v) is 4.11. The Morgan fingerprint density at radius 3 is 2.43 bits per heavy atom. The van der Waals surface area contributed by atoms with Crippen LogP contribution >= 0.6 is 11.8 Å². The molecule has 2 rings (SSSR count). The van der Waals surface area contributed by atoms with Crippen LogP contribution in [0.2, 0.25) is 0 Å². The minimum atomic E-state index is -0.498. The molecule has 0 spiro atoms. The Morgan fingerprint density at radius 2 is 1.77 bits per heavy atom. The molecule has 162 valence electrons.